The molecule has 2 N–H and O–H groups in total. The summed E-state index contributed by atoms with van der Waals surface area (Å²) in [5.74, 6) is 0.709. The summed E-state index contributed by atoms with van der Waals surface area (Å²) in [6.45, 7) is 4.50. The van der Waals surface area contributed by atoms with Gasteiger partial charge in [-0.05, 0) is 50.3 Å². The van der Waals surface area contributed by atoms with Gasteiger partial charge in [-0.3, -0.25) is 4.79 Å². The van der Waals surface area contributed by atoms with E-state index in [1.54, 1.807) is 0 Å². The van der Waals surface area contributed by atoms with Crippen LogP contribution in [0.2, 0.25) is 5.02 Å². The Morgan fingerprint density at radius 1 is 1.19 bits per heavy atom. The van der Waals surface area contributed by atoms with Crippen LogP contribution in [0, 0.1) is 25.7 Å². The van der Waals surface area contributed by atoms with Crippen molar-refractivity contribution in [3.05, 3.63) is 51.9 Å². The molecule has 1 fully saturated rings. The molecule has 0 saturated heterocycles. The first-order valence-electron chi connectivity index (χ1n) is 9.49. The molecule has 1 aliphatic carbocycles. The number of aromatic nitrogens is 2. The number of carboxylic acids is 1. The number of rotatable bonds is 6. The van der Waals surface area contributed by atoms with Gasteiger partial charge in [0.25, 0.3) is 0 Å². The van der Waals surface area contributed by atoms with E-state index in [-0.39, 0.29) is 11.8 Å². The van der Waals surface area contributed by atoms with E-state index in [4.69, 9.17) is 11.6 Å². The van der Waals surface area contributed by atoms with E-state index in [0.29, 0.717) is 23.8 Å². The van der Waals surface area contributed by atoms with Crippen LogP contribution in [0.25, 0.3) is 0 Å². The predicted molar refractivity (Wildman–Crippen MR) is 107 cm³/mol. The van der Waals surface area contributed by atoms with Gasteiger partial charge >= 0.3 is 5.97 Å². The Labute approximate surface area is 165 Å². The number of aryl methyl sites for hydroxylation is 2. The van der Waals surface area contributed by atoms with Gasteiger partial charge in [-0.1, -0.05) is 36.6 Å². The molecule has 0 amide bonds. The summed E-state index contributed by atoms with van der Waals surface area (Å²) in [6.07, 6.45) is 4.51. The molecule has 27 heavy (non-hydrogen) atoms. The van der Waals surface area contributed by atoms with Crippen molar-refractivity contribution in [2.24, 2.45) is 11.8 Å². The monoisotopic (exact) mass is 387 g/mol. The van der Waals surface area contributed by atoms with Crippen molar-refractivity contribution in [2.45, 2.75) is 46.0 Å². The zero-order valence-electron chi connectivity index (χ0n) is 15.8. The van der Waals surface area contributed by atoms with Crippen LogP contribution in [0.15, 0.2) is 24.3 Å². The molecule has 2 atom stereocenters. The van der Waals surface area contributed by atoms with Gasteiger partial charge in [0, 0.05) is 29.2 Å². The third-order valence-electron chi connectivity index (χ3n) is 5.38. The maximum atomic E-state index is 11.6. The molecule has 3 rings (SSSR count). The van der Waals surface area contributed by atoms with Gasteiger partial charge < -0.3 is 10.4 Å². The number of carbonyl (C=O) groups is 1. The SMILES string of the molecule is Cc1nc(C)c(Cc2ccc(Cl)cc2)c(NC[C@@H]2CCCC[C@@H]2C(=O)O)n1. The number of hydrogen-bond acceptors (Lipinski definition) is 4. The maximum absolute atomic E-state index is 11.6. The van der Waals surface area contributed by atoms with Gasteiger partial charge in [-0.25, -0.2) is 9.97 Å². The molecule has 1 aromatic heterocycles. The first-order chi connectivity index (χ1) is 12.9. The van der Waals surface area contributed by atoms with E-state index in [1.165, 1.54) is 0 Å². The van der Waals surface area contributed by atoms with Crippen LogP contribution >= 0.6 is 11.6 Å². The van der Waals surface area contributed by atoms with Crippen molar-refractivity contribution in [1.29, 1.82) is 0 Å². The molecule has 6 heteroatoms. The van der Waals surface area contributed by atoms with Gasteiger partial charge in [-0.15, -0.1) is 0 Å². The summed E-state index contributed by atoms with van der Waals surface area (Å²) in [5.41, 5.74) is 3.13. The Morgan fingerprint density at radius 3 is 2.59 bits per heavy atom. The minimum Gasteiger partial charge on any atom is -0.481 e. The Balaban J connectivity index is 1.79. The van der Waals surface area contributed by atoms with Crippen molar-refractivity contribution in [3.8, 4) is 0 Å². The smallest absolute Gasteiger partial charge is 0.306 e. The quantitative estimate of drug-likeness (QED) is 0.755. The largest absolute Gasteiger partial charge is 0.481 e. The van der Waals surface area contributed by atoms with Crippen LogP contribution in [0.4, 0.5) is 5.82 Å². The summed E-state index contributed by atoms with van der Waals surface area (Å²) in [4.78, 5) is 20.7. The minimum atomic E-state index is -0.682. The van der Waals surface area contributed by atoms with E-state index in [2.05, 4.69) is 15.3 Å². The number of nitrogens with one attached hydrogen (secondary N) is 1. The molecule has 5 nitrogen and oxygen atoms in total. The van der Waals surface area contributed by atoms with Crippen LogP contribution in [0.5, 0.6) is 0 Å². The zero-order chi connectivity index (χ0) is 19.4. The van der Waals surface area contributed by atoms with Gasteiger partial charge in [0.2, 0.25) is 0 Å². The second kappa shape index (κ2) is 8.70. The molecule has 0 spiro atoms. The normalized spacial score (nSPS) is 19.7. The van der Waals surface area contributed by atoms with Crippen molar-refractivity contribution in [1.82, 2.24) is 9.97 Å². The molecule has 0 aliphatic heterocycles. The fourth-order valence-corrected chi connectivity index (χ4v) is 4.03. The summed E-state index contributed by atoms with van der Waals surface area (Å²) < 4.78 is 0. The molecule has 144 valence electrons. The van der Waals surface area contributed by atoms with Crippen LogP contribution in [-0.2, 0) is 11.2 Å². The topological polar surface area (TPSA) is 75.1 Å². The molecule has 2 aromatic rings. The number of halogens is 1. The lowest BCUT2D eigenvalue weighted by molar-refractivity contribution is -0.144. The van der Waals surface area contributed by atoms with Crippen molar-refractivity contribution >= 4 is 23.4 Å². The van der Waals surface area contributed by atoms with Gasteiger partial charge in [-0.2, -0.15) is 0 Å². The Kier molecular flexibility index (Phi) is 6.32. The van der Waals surface area contributed by atoms with Crippen LogP contribution < -0.4 is 5.32 Å². The van der Waals surface area contributed by atoms with E-state index < -0.39 is 5.97 Å². The number of anilines is 1. The van der Waals surface area contributed by atoms with Crippen molar-refractivity contribution in [2.75, 3.05) is 11.9 Å². The average molecular weight is 388 g/mol. The zero-order valence-corrected chi connectivity index (χ0v) is 16.6. The summed E-state index contributed by atoms with van der Waals surface area (Å²) in [7, 11) is 0. The van der Waals surface area contributed by atoms with E-state index in [9.17, 15) is 9.90 Å². The standard InChI is InChI=1S/C21H26ClN3O2/c1-13-19(11-15-7-9-17(22)10-8-15)20(25-14(2)24-13)23-12-16-5-3-4-6-18(16)21(26)27/h7-10,16,18H,3-6,11-12H2,1-2H3,(H,26,27)(H,23,24,25)/t16-,18-/m0/s1. The maximum Gasteiger partial charge on any atom is 0.306 e. The minimum absolute atomic E-state index is 0.134. The second-order valence-electron chi connectivity index (χ2n) is 7.36. The number of aliphatic carboxylic acids is 1. The van der Waals surface area contributed by atoms with Crippen molar-refractivity contribution < 1.29 is 9.90 Å². The van der Waals surface area contributed by atoms with Crippen LogP contribution in [-0.4, -0.2) is 27.6 Å². The Bertz CT molecular complexity index is 808. The first-order valence-corrected chi connectivity index (χ1v) is 9.87. The lowest BCUT2D eigenvalue weighted by atomic mass is 9.79. The molecule has 0 radical (unpaired) electrons. The Morgan fingerprint density at radius 2 is 1.89 bits per heavy atom. The highest BCUT2D eigenvalue weighted by Gasteiger charge is 2.30. The molecule has 0 unspecified atom stereocenters. The number of benzene rings is 1. The number of carboxylic acid groups (broad SMARTS) is 1. The van der Waals surface area contributed by atoms with Gasteiger partial charge in [0.05, 0.1) is 5.92 Å². The lowest BCUT2D eigenvalue weighted by Crippen LogP contribution is -2.32. The molecule has 1 heterocycles. The summed E-state index contributed by atoms with van der Waals surface area (Å²) in [5, 5.41) is 13.7. The van der Waals surface area contributed by atoms with E-state index in [0.717, 1.165) is 48.3 Å². The third kappa shape index (κ3) is 4.98. The second-order valence-corrected chi connectivity index (χ2v) is 7.79. The lowest BCUT2D eigenvalue weighted by Gasteiger charge is -2.29. The van der Waals surface area contributed by atoms with Crippen LogP contribution in [0.3, 0.4) is 0 Å². The first kappa shape index (κ1) is 19.6. The van der Waals surface area contributed by atoms with E-state index >= 15 is 0 Å². The molecule has 1 saturated carbocycles. The molecular formula is C21H26ClN3O2. The Hall–Kier alpha value is -2.14. The van der Waals surface area contributed by atoms with E-state index in [1.807, 2.05) is 38.1 Å². The molecular weight excluding hydrogens is 362 g/mol. The molecule has 1 aromatic carbocycles. The predicted octanol–water partition coefficient (Wildman–Crippen LogP) is 4.64. The average Bonchev–Trinajstić information content (AvgIpc) is 2.64. The highest BCUT2D eigenvalue weighted by Crippen LogP contribution is 2.31. The molecule has 1 aliphatic rings. The fourth-order valence-electron chi connectivity index (χ4n) is 3.90. The van der Waals surface area contributed by atoms with Crippen LogP contribution in [0.1, 0.15) is 48.3 Å². The third-order valence-corrected chi connectivity index (χ3v) is 5.63. The fraction of sp³-hybridized carbons (Fsp3) is 0.476. The van der Waals surface area contributed by atoms with Crippen molar-refractivity contribution in [3.63, 3.8) is 0 Å². The highest BCUT2D eigenvalue weighted by molar-refractivity contribution is 6.30. The highest BCUT2D eigenvalue weighted by atomic mass is 35.5. The van der Waals surface area contributed by atoms with Gasteiger partial charge in [0.15, 0.2) is 0 Å². The van der Waals surface area contributed by atoms with Gasteiger partial charge in [0.1, 0.15) is 11.6 Å². The summed E-state index contributed by atoms with van der Waals surface area (Å²) in [6, 6.07) is 7.78. The number of hydrogen-bond donors (Lipinski definition) is 2. The number of nitrogens with zero attached hydrogens (tertiary/aromatic N) is 2. The summed E-state index contributed by atoms with van der Waals surface area (Å²) >= 11 is 5.99. The molecule has 0 bridgehead atoms.